The van der Waals surface area contributed by atoms with Crippen LogP contribution in [0.3, 0.4) is 0 Å². The summed E-state index contributed by atoms with van der Waals surface area (Å²) in [5, 5.41) is 9.63. The van der Waals surface area contributed by atoms with Crippen LogP contribution in [0.4, 0.5) is 13.2 Å². The number of methoxy groups -OCH3 is 1. The van der Waals surface area contributed by atoms with Crippen molar-refractivity contribution >= 4 is 5.97 Å². The normalized spacial score (nSPS) is 32.6. The Balaban J connectivity index is 1.81. The lowest BCUT2D eigenvalue weighted by Crippen LogP contribution is -2.43. The van der Waals surface area contributed by atoms with Gasteiger partial charge in [0.25, 0.3) is 0 Å². The number of alkyl halides is 3. The molecule has 132 valence electrons. The van der Waals surface area contributed by atoms with Gasteiger partial charge in [0.15, 0.2) is 0 Å². The maximum atomic E-state index is 12.8. The van der Waals surface area contributed by atoms with Crippen molar-refractivity contribution in [2.24, 2.45) is 11.8 Å². The topological polar surface area (TPSA) is 68.7 Å². The monoisotopic (exact) mass is 345 g/mol. The third-order valence-electron chi connectivity index (χ3n) is 5.07. The Morgan fingerprint density at radius 1 is 1.33 bits per heavy atom. The first-order valence-electron chi connectivity index (χ1n) is 7.72. The van der Waals surface area contributed by atoms with Gasteiger partial charge in [-0.05, 0) is 30.7 Å². The molecule has 0 amide bonds. The highest BCUT2D eigenvalue weighted by Crippen LogP contribution is 2.51. The van der Waals surface area contributed by atoms with Crippen LogP contribution in [0.15, 0.2) is 18.3 Å². The van der Waals surface area contributed by atoms with Crippen molar-refractivity contribution in [2.75, 3.05) is 7.11 Å². The van der Waals surface area contributed by atoms with Crippen LogP contribution in [0.1, 0.15) is 31.2 Å². The number of rotatable bonds is 4. The van der Waals surface area contributed by atoms with Crippen molar-refractivity contribution in [3.8, 4) is 5.88 Å². The summed E-state index contributed by atoms with van der Waals surface area (Å²) in [6, 6.07) is 1.57. The minimum absolute atomic E-state index is 0.110. The van der Waals surface area contributed by atoms with E-state index in [1.54, 1.807) is 7.11 Å². The first-order valence-corrected chi connectivity index (χ1v) is 7.72. The van der Waals surface area contributed by atoms with Crippen molar-refractivity contribution in [3.63, 3.8) is 0 Å². The second kappa shape index (κ2) is 5.91. The second-order valence-electron chi connectivity index (χ2n) is 6.54. The molecule has 2 fully saturated rings. The zero-order valence-electron chi connectivity index (χ0n) is 13.0. The maximum absolute atomic E-state index is 12.8. The van der Waals surface area contributed by atoms with E-state index in [2.05, 4.69) is 4.98 Å². The van der Waals surface area contributed by atoms with Gasteiger partial charge in [-0.3, -0.25) is 0 Å². The Kier molecular flexibility index (Phi) is 4.19. The zero-order chi connectivity index (χ0) is 17.5. The Labute approximate surface area is 136 Å². The zero-order valence-corrected chi connectivity index (χ0v) is 13.0. The van der Waals surface area contributed by atoms with Gasteiger partial charge in [0.05, 0.1) is 11.7 Å². The number of hydrogen-bond donors (Lipinski definition) is 1. The predicted octanol–water partition coefficient (Wildman–Crippen LogP) is 3.14. The van der Waals surface area contributed by atoms with Crippen molar-refractivity contribution in [3.05, 3.63) is 23.9 Å². The summed E-state index contributed by atoms with van der Waals surface area (Å²) in [6.07, 6.45) is -1.45. The number of ether oxygens (including phenoxy) is 2. The second-order valence-corrected chi connectivity index (χ2v) is 6.54. The molecule has 1 heterocycles. The average Bonchev–Trinajstić information content (AvgIpc) is 3.02. The third kappa shape index (κ3) is 3.07. The van der Waals surface area contributed by atoms with Crippen molar-refractivity contribution in [2.45, 2.75) is 43.6 Å². The van der Waals surface area contributed by atoms with E-state index in [9.17, 15) is 23.1 Å². The van der Waals surface area contributed by atoms with E-state index >= 15 is 0 Å². The summed E-state index contributed by atoms with van der Waals surface area (Å²) < 4.78 is 49.2. The van der Waals surface area contributed by atoms with Crippen molar-refractivity contribution in [1.29, 1.82) is 0 Å². The molecule has 3 rings (SSSR count). The van der Waals surface area contributed by atoms with Gasteiger partial charge in [0.1, 0.15) is 0 Å². The number of nitrogens with zero attached hydrogens (tertiary/aromatic N) is 1. The molecule has 2 aliphatic rings. The first kappa shape index (κ1) is 17.0. The molecule has 1 aromatic rings. The lowest BCUT2D eigenvalue weighted by molar-refractivity contribution is -0.155. The molecular formula is C16H18F3NO4. The Bertz CT molecular complexity index is 620. The smallest absolute Gasteiger partial charge is 0.416 e. The number of pyridine rings is 1. The molecule has 8 heteroatoms. The standard InChI is InChI=1S/C16H18F3NO4/c1-23-12-4-9-7-15(14(21)22,8-10(9)5-12)24-13-6-11(2-3-20-13)16(17,18)19/h2-3,6,9-10,12H,4-5,7-8H2,1H3,(H,21,22)/t9-,10+,12?,15?. The van der Waals surface area contributed by atoms with Gasteiger partial charge in [-0.15, -0.1) is 0 Å². The predicted molar refractivity (Wildman–Crippen MR) is 76.5 cm³/mol. The Morgan fingerprint density at radius 3 is 2.46 bits per heavy atom. The molecule has 0 radical (unpaired) electrons. The number of hydrogen-bond acceptors (Lipinski definition) is 4. The quantitative estimate of drug-likeness (QED) is 0.908. The lowest BCUT2D eigenvalue weighted by atomic mass is 9.97. The molecule has 24 heavy (non-hydrogen) atoms. The summed E-state index contributed by atoms with van der Waals surface area (Å²) >= 11 is 0. The van der Waals surface area contributed by atoms with Crippen LogP contribution in [0.5, 0.6) is 5.88 Å². The number of carbonyl (C=O) groups is 1. The SMILES string of the molecule is COC1C[C@@H]2CC(Oc3cc(C(F)(F)F)ccn3)(C(=O)O)C[C@@H]2C1. The van der Waals surface area contributed by atoms with Crippen LogP contribution in [0.25, 0.3) is 0 Å². The van der Waals surface area contributed by atoms with Gasteiger partial charge < -0.3 is 14.6 Å². The molecule has 1 aromatic heterocycles. The summed E-state index contributed by atoms with van der Waals surface area (Å²) in [6.45, 7) is 0. The number of carboxylic acid groups (broad SMARTS) is 1. The molecule has 0 aliphatic heterocycles. The van der Waals surface area contributed by atoms with Gasteiger partial charge in [-0.2, -0.15) is 13.2 Å². The van der Waals surface area contributed by atoms with E-state index in [4.69, 9.17) is 9.47 Å². The number of carboxylic acids is 1. The fourth-order valence-corrected chi connectivity index (χ4v) is 3.92. The highest BCUT2D eigenvalue weighted by molar-refractivity contribution is 5.78. The van der Waals surface area contributed by atoms with Gasteiger partial charge >= 0.3 is 12.1 Å². The minimum Gasteiger partial charge on any atom is -0.478 e. The molecule has 2 aliphatic carbocycles. The molecule has 1 N–H and O–H groups in total. The van der Waals surface area contributed by atoms with E-state index in [1.165, 1.54) is 0 Å². The summed E-state index contributed by atoms with van der Waals surface area (Å²) in [5.41, 5.74) is -2.43. The third-order valence-corrected chi connectivity index (χ3v) is 5.07. The molecule has 0 saturated heterocycles. The van der Waals surface area contributed by atoms with Crippen LogP contribution in [0, 0.1) is 11.8 Å². The summed E-state index contributed by atoms with van der Waals surface area (Å²) in [5.74, 6) is -1.20. The molecular weight excluding hydrogens is 327 g/mol. The molecule has 0 aromatic carbocycles. The fourth-order valence-electron chi connectivity index (χ4n) is 3.92. The lowest BCUT2D eigenvalue weighted by Gasteiger charge is -2.27. The number of aromatic nitrogens is 1. The van der Waals surface area contributed by atoms with E-state index in [0.29, 0.717) is 0 Å². The largest absolute Gasteiger partial charge is 0.478 e. The Hall–Kier alpha value is -1.83. The van der Waals surface area contributed by atoms with Crippen LogP contribution in [-0.4, -0.2) is 34.9 Å². The van der Waals surface area contributed by atoms with Crippen LogP contribution < -0.4 is 4.74 Å². The highest BCUT2D eigenvalue weighted by atomic mass is 19.4. The first-order chi connectivity index (χ1) is 11.2. The summed E-state index contributed by atoms with van der Waals surface area (Å²) in [7, 11) is 1.62. The molecule has 4 atom stereocenters. The van der Waals surface area contributed by atoms with Gasteiger partial charge in [-0.25, -0.2) is 9.78 Å². The number of halogens is 3. The van der Waals surface area contributed by atoms with Gasteiger partial charge in [0.2, 0.25) is 11.5 Å². The highest BCUT2D eigenvalue weighted by Gasteiger charge is 2.56. The number of aliphatic carboxylic acids is 1. The molecule has 0 bridgehead atoms. The van der Waals surface area contributed by atoms with E-state index < -0.39 is 23.3 Å². The average molecular weight is 345 g/mol. The van der Waals surface area contributed by atoms with Gasteiger partial charge in [0, 0.05) is 32.2 Å². The van der Waals surface area contributed by atoms with E-state index in [1.807, 2.05) is 0 Å². The van der Waals surface area contributed by atoms with E-state index in [0.717, 1.165) is 31.2 Å². The van der Waals surface area contributed by atoms with Crippen molar-refractivity contribution < 1.29 is 32.5 Å². The van der Waals surface area contributed by atoms with Crippen molar-refractivity contribution in [1.82, 2.24) is 4.98 Å². The summed E-state index contributed by atoms with van der Waals surface area (Å²) in [4.78, 5) is 15.5. The van der Waals surface area contributed by atoms with Crippen LogP contribution in [0.2, 0.25) is 0 Å². The van der Waals surface area contributed by atoms with E-state index in [-0.39, 0.29) is 36.7 Å². The Morgan fingerprint density at radius 2 is 1.96 bits per heavy atom. The van der Waals surface area contributed by atoms with Crippen LogP contribution in [-0.2, 0) is 15.7 Å². The fraction of sp³-hybridized carbons (Fsp3) is 0.625. The molecule has 2 saturated carbocycles. The maximum Gasteiger partial charge on any atom is 0.416 e. The molecule has 2 unspecified atom stereocenters. The minimum atomic E-state index is -4.53. The molecule has 5 nitrogen and oxygen atoms in total. The molecule has 0 spiro atoms. The van der Waals surface area contributed by atoms with Gasteiger partial charge in [-0.1, -0.05) is 0 Å². The van der Waals surface area contributed by atoms with Crippen LogP contribution >= 0.6 is 0 Å². The number of fused-ring (bicyclic) bond motifs is 1.